The number of alkyl halides is 3. The summed E-state index contributed by atoms with van der Waals surface area (Å²) in [4.78, 5) is 21.9. The maximum atomic E-state index is 12.4. The van der Waals surface area contributed by atoms with E-state index in [-0.39, 0.29) is 0 Å². The standard InChI is InChI=1S/C23H30F3N7O2S/c1-15(10-23(24,25)26)30-22(34)35-19-4-3-16(9-19)17-11-27-21(28-12-17)31-18-5-7-33(8-6-18)36-20-13-29-32(2)14-20/h9,11-15,18-19H,3-8,10H2,1-2H3,(H,30,34)(H,27,28,31). The zero-order valence-electron chi connectivity index (χ0n) is 20.2. The van der Waals surface area contributed by atoms with Gasteiger partial charge in [0, 0.05) is 56.4 Å². The van der Waals surface area contributed by atoms with Gasteiger partial charge in [0.2, 0.25) is 5.95 Å². The summed E-state index contributed by atoms with van der Waals surface area (Å²) in [6.07, 6.45) is 5.54. The van der Waals surface area contributed by atoms with Crippen LogP contribution in [0, 0.1) is 0 Å². The number of allylic oxidation sites excluding steroid dienone is 1. The van der Waals surface area contributed by atoms with E-state index in [1.807, 2.05) is 19.4 Å². The molecule has 1 fully saturated rings. The maximum absolute atomic E-state index is 12.4. The molecule has 0 aromatic carbocycles. The van der Waals surface area contributed by atoms with Crippen LogP contribution < -0.4 is 10.6 Å². The molecule has 2 N–H and O–H groups in total. The van der Waals surface area contributed by atoms with Gasteiger partial charge in [0.15, 0.2) is 0 Å². The van der Waals surface area contributed by atoms with Crippen LogP contribution in [0.25, 0.3) is 5.57 Å². The molecule has 2 aliphatic rings. The van der Waals surface area contributed by atoms with Gasteiger partial charge in [-0.25, -0.2) is 19.1 Å². The molecule has 2 aromatic rings. The van der Waals surface area contributed by atoms with Crippen LogP contribution in [-0.4, -0.2) is 67.6 Å². The summed E-state index contributed by atoms with van der Waals surface area (Å²) < 4.78 is 46.7. The van der Waals surface area contributed by atoms with Crippen molar-refractivity contribution in [3.8, 4) is 0 Å². The summed E-state index contributed by atoms with van der Waals surface area (Å²) in [7, 11) is 1.91. The average molecular weight is 526 g/mol. The minimum Gasteiger partial charge on any atom is -0.442 e. The number of nitrogens with zero attached hydrogens (tertiary/aromatic N) is 5. The van der Waals surface area contributed by atoms with Gasteiger partial charge in [-0.3, -0.25) is 4.68 Å². The number of nitrogens with one attached hydrogen (secondary N) is 2. The summed E-state index contributed by atoms with van der Waals surface area (Å²) in [5, 5.41) is 9.84. The largest absolute Gasteiger partial charge is 0.442 e. The van der Waals surface area contributed by atoms with E-state index < -0.39 is 30.8 Å². The fraction of sp³-hybridized carbons (Fsp3) is 0.565. The first-order valence-corrected chi connectivity index (χ1v) is 12.7. The molecule has 2 atom stereocenters. The Morgan fingerprint density at radius 2 is 1.94 bits per heavy atom. The molecule has 1 amide bonds. The van der Waals surface area contributed by atoms with Crippen LogP contribution in [0.15, 0.2) is 35.8 Å². The highest BCUT2D eigenvalue weighted by atomic mass is 32.2. The van der Waals surface area contributed by atoms with Crippen molar-refractivity contribution in [3.05, 3.63) is 36.4 Å². The quantitative estimate of drug-likeness (QED) is 0.490. The first kappa shape index (κ1) is 26.3. The van der Waals surface area contributed by atoms with Crippen molar-refractivity contribution in [1.82, 2.24) is 29.4 Å². The van der Waals surface area contributed by atoms with Crippen LogP contribution in [0.5, 0.6) is 0 Å². The topological polar surface area (TPSA) is 97.2 Å². The van der Waals surface area contributed by atoms with E-state index in [2.05, 4.69) is 30.0 Å². The molecule has 13 heteroatoms. The van der Waals surface area contributed by atoms with E-state index in [1.54, 1.807) is 35.1 Å². The van der Waals surface area contributed by atoms with E-state index >= 15 is 0 Å². The average Bonchev–Trinajstić information content (AvgIpc) is 3.43. The third-order valence-corrected chi connectivity index (χ3v) is 7.02. The number of aryl methyl sites for hydroxylation is 1. The van der Waals surface area contributed by atoms with Crippen molar-refractivity contribution >= 4 is 29.6 Å². The van der Waals surface area contributed by atoms with Gasteiger partial charge >= 0.3 is 12.3 Å². The van der Waals surface area contributed by atoms with Crippen molar-refractivity contribution in [1.29, 1.82) is 0 Å². The first-order chi connectivity index (χ1) is 17.1. The van der Waals surface area contributed by atoms with Crippen LogP contribution in [0.3, 0.4) is 0 Å². The molecule has 196 valence electrons. The van der Waals surface area contributed by atoms with E-state index in [1.165, 1.54) is 6.92 Å². The van der Waals surface area contributed by atoms with E-state index in [0.717, 1.165) is 42.0 Å². The third kappa shape index (κ3) is 7.85. The molecule has 0 bridgehead atoms. The van der Waals surface area contributed by atoms with Gasteiger partial charge in [-0.1, -0.05) is 0 Å². The fourth-order valence-corrected chi connectivity index (χ4v) is 5.22. The number of carbonyl (C=O) groups excluding carboxylic acids is 1. The van der Waals surface area contributed by atoms with Crippen LogP contribution in [0.1, 0.15) is 44.6 Å². The summed E-state index contributed by atoms with van der Waals surface area (Å²) in [6, 6.07) is -0.758. The zero-order valence-corrected chi connectivity index (χ0v) is 21.0. The van der Waals surface area contributed by atoms with Crippen LogP contribution in [-0.2, 0) is 11.8 Å². The van der Waals surface area contributed by atoms with Crippen molar-refractivity contribution in [2.45, 2.75) is 68.3 Å². The summed E-state index contributed by atoms with van der Waals surface area (Å²) in [5.41, 5.74) is 1.78. The number of hydrogen-bond donors (Lipinski definition) is 2. The molecule has 3 heterocycles. The number of halogens is 3. The van der Waals surface area contributed by atoms with Gasteiger partial charge in [0.05, 0.1) is 17.5 Å². The first-order valence-electron chi connectivity index (χ1n) is 11.9. The molecule has 1 aliphatic heterocycles. The van der Waals surface area contributed by atoms with Crippen LogP contribution in [0.4, 0.5) is 23.9 Å². The van der Waals surface area contributed by atoms with E-state index in [4.69, 9.17) is 4.74 Å². The molecule has 0 radical (unpaired) electrons. The molecule has 1 aliphatic carbocycles. The number of amides is 1. The minimum absolute atomic E-state index is 0.295. The monoisotopic (exact) mass is 525 g/mol. The Bertz CT molecular complexity index is 1050. The molecule has 1 saturated heterocycles. The lowest BCUT2D eigenvalue weighted by Crippen LogP contribution is -2.37. The molecular weight excluding hydrogens is 495 g/mol. The molecule has 9 nitrogen and oxygen atoms in total. The molecule has 4 rings (SSSR count). The Morgan fingerprint density at radius 1 is 1.22 bits per heavy atom. The number of ether oxygens (including phenoxy) is 1. The molecule has 2 unspecified atom stereocenters. The molecule has 0 spiro atoms. The zero-order chi connectivity index (χ0) is 25.7. The normalized spacial score (nSPS) is 20.1. The van der Waals surface area contributed by atoms with Gasteiger partial charge in [-0.05, 0) is 56.2 Å². The number of alkyl carbamates (subject to hydrolysis) is 1. The Hall–Kier alpha value is -2.80. The number of carbonyl (C=O) groups is 1. The summed E-state index contributed by atoms with van der Waals surface area (Å²) >= 11 is 1.72. The van der Waals surface area contributed by atoms with Gasteiger partial charge in [0.1, 0.15) is 6.10 Å². The van der Waals surface area contributed by atoms with Gasteiger partial charge < -0.3 is 15.4 Å². The van der Waals surface area contributed by atoms with E-state index in [0.29, 0.717) is 24.8 Å². The fourth-order valence-electron chi connectivity index (χ4n) is 4.23. The summed E-state index contributed by atoms with van der Waals surface area (Å²) in [6.45, 7) is 3.20. The Balaban J connectivity index is 1.21. The number of hydrogen-bond acceptors (Lipinski definition) is 8. The smallest absolute Gasteiger partial charge is 0.407 e. The highest BCUT2D eigenvalue weighted by Gasteiger charge is 2.31. The van der Waals surface area contributed by atoms with Crippen molar-refractivity contribution < 1.29 is 22.7 Å². The maximum Gasteiger partial charge on any atom is 0.407 e. The van der Waals surface area contributed by atoms with Crippen LogP contribution in [0.2, 0.25) is 0 Å². The highest BCUT2D eigenvalue weighted by molar-refractivity contribution is 7.97. The van der Waals surface area contributed by atoms with E-state index in [9.17, 15) is 18.0 Å². The number of anilines is 1. The highest BCUT2D eigenvalue weighted by Crippen LogP contribution is 2.30. The lowest BCUT2D eigenvalue weighted by molar-refractivity contribution is -0.138. The molecule has 0 saturated carbocycles. The minimum atomic E-state index is -4.34. The second-order valence-corrected chi connectivity index (χ2v) is 10.3. The molecular formula is C23H30F3N7O2S. The second kappa shape index (κ2) is 11.5. The van der Waals surface area contributed by atoms with Gasteiger partial charge in [-0.15, -0.1) is 0 Å². The van der Waals surface area contributed by atoms with Crippen LogP contribution >= 0.6 is 11.9 Å². The second-order valence-electron chi connectivity index (χ2n) is 9.12. The Labute approximate surface area is 212 Å². The lowest BCUT2D eigenvalue weighted by atomic mass is 10.1. The third-order valence-electron chi connectivity index (χ3n) is 5.97. The number of piperidine rings is 1. The Kier molecular flexibility index (Phi) is 8.39. The van der Waals surface area contributed by atoms with Gasteiger partial charge in [-0.2, -0.15) is 18.3 Å². The molecule has 36 heavy (non-hydrogen) atoms. The van der Waals surface area contributed by atoms with Gasteiger partial charge in [0.25, 0.3) is 0 Å². The lowest BCUT2D eigenvalue weighted by Gasteiger charge is -2.31. The van der Waals surface area contributed by atoms with Crippen molar-refractivity contribution in [2.24, 2.45) is 7.05 Å². The summed E-state index contributed by atoms with van der Waals surface area (Å²) in [5.74, 6) is 0.571. The van der Waals surface area contributed by atoms with Crippen molar-refractivity contribution in [3.63, 3.8) is 0 Å². The SMILES string of the molecule is CC(CC(F)(F)F)NC(=O)OC1C=C(c2cnc(NC3CCN(Sc4cnn(C)c4)CC3)nc2)CC1. The number of rotatable bonds is 8. The molecule has 2 aromatic heterocycles. The van der Waals surface area contributed by atoms with Crippen molar-refractivity contribution in [2.75, 3.05) is 18.4 Å². The predicted molar refractivity (Wildman–Crippen MR) is 130 cm³/mol. The Morgan fingerprint density at radius 3 is 2.58 bits per heavy atom. The number of aromatic nitrogens is 4. The predicted octanol–water partition coefficient (Wildman–Crippen LogP) is 4.41.